The number of nitrogens with one attached hydrogen (secondary N) is 1. The molecule has 0 spiro atoms. The minimum Gasteiger partial charge on any atom is -0.496 e. The third-order valence-corrected chi connectivity index (χ3v) is 4.30. The average molecular weight is 277 g/mol. The molecule has 1 aliphatic carbocycles. The van der Waals surface area contributed by atoms with Gasteiger partial charge in [-0.2, -0.15) is 0 Å². The van der Waals surface area contributed by atoms with Crippen molar-refractivity contribution < 1.29 is 9.84 Å². The zero-order chi connectivity index (χ0) is 14.5. The summed E-state index contributed by atoms with van der Waals surface area (Å²) in [7, 11) is 1.71. The van der Waals surface area contributed by atoms with Crippen LogP contribution in [0.5, 0.6) is 5.75 Å². The molecule has 0 aromatic heterocycles. The molecule has 1 aliphatic rings. The van der Waals surface area contributed by atoms with E-state index in [1.54, 1.807) is 7.11 Å². The van der Waals surface area contributed by atoms with Crippen LogP contribution in [-0.2, 0) is 0 Å². The topological polar surface area (TPSA) is 41.5 Å². The van der Waals surface area contributed by atoms with E-state index in [1.807, 2.05) is 0 Å². The van der Waals surface area contributed by atoms with E-state index in [9.17, 15) is 5.11 Å². The standard InChI is InChI=1S/C17H27NO2/c1-12-9-10-14(17(11-12)20-3)13(2)18-15-7-5-4-6-8-16(15)19/h9-11,13,15-16,18-19H,4-8H2,1-3H3. The number of benzene rings is 1. The van der Waals surface area contributed by atoms with Crippen LogP contribution in [0.4, 0.5) is 0 Å². The van der Waals surface area contributed by atoms with Gasteiger partial charge in [-0.15, -0.1) is 0 Å². The summed E-state index contributed by atoms with van der Waals surface area (Å²) in [5, 5.41) is 13.8. The number of aliphatic hydroxyl groups excluding tert-OH is 1. The number of hydrogen-bond donors (Lipinski definition) is 2. The van der Waals surface area contributed by atoms with E-state index in [2.05, 4.69) is 37.4 Å². The van der Waals surface area contributed by atoms with Crippen LogP contribution in [0.1, 0.15) is 56.2 Å². The van der Waals surface area contributed by atoms with Crippen LogP contribution < -0.4 is 10.1 Å². The van der Waals surface area contributed by atoms with Crippen LogP contribution in [0.25, 0.3) is 0 Å². The summed E-state index contributed by atoms with van der Waals surface area (Å²) in [5.41, 5.74) is 2.36. The predicted octanol–water partition coefficient (Wildman–Crippen LogP) is 3.35. The maximum Gasteiger partial charge on any atom is 0.123 e. The minimum absolute atomic E-state index is 0.184. The van der Waals surface area contributed by atoms with Crippen molar-refractivity contribution in [3.8, 4) is 5.75 Å². The summed E-state index contributed by atoms with van der Waals surface area (Å²) in [6, 6.07) is 6.67. The Morgan fingerprint density at radius 1 is 1.25 bits per heavy atom. The normalized spacial score (nSPS) is 25.0. The molecular weight excluding hydrogens is 250 g/mol. The first kappa shape index (κ1) is 15.3. The lowest BCUT2D eigenvalue weighted by molar-refractivity contribution is 0.114. The third-order valence-electron chi connectivity index (χ3n) is 4.30. The van der Waals surface area contributed by atoms with E-state index >= 15 is 0 Å². The van der Waals surface area contributed by atoms with Gasteiger partial charge in [0.15, 0.2) is 0 Å². The first-order valence-corrected chi connectivity index (χ1v) is 7.70. The van der Waals surface area contributed by atoms with E-state index in [0.29, 0.717) is 0 Å². The van der Waals surface area contributed by atoms with Crippen molar-refractivity contribution in [2.24, 2.45) is 0 Å². The van der Waals surface area contributed by atoms with Crippen LogP contribution >= 0.6 is 0 Å². The molecule has 3 heteroatoms. The van der Waals surface area contributed by atoms with Gasteiger partial charge in [0.25, 0.3) is 0 Å². The minimum atomic E-state index is -0.226. The third kappa shape index (κ3) is 3.74. The summed E-state index contributed by atoms with van der Waals surface area (Å²) >= 11 is 0. The molecule has 0 radical (unpaired) electrons. The first-order valence-electron chi connectivity index (χ1n) is 7.70. The SMILES string of the molecule is COc1cc(C)ccc1C(C)NC1CCCCCC1O. The molecule has 3 atom stereocenters. The molecule has 2 N–H and O–H groups in total. The molecule has 3 nitrogen and oxygen atoms in total. The number of aryl methyl sites for hydroxylation is 1. The summed E-state index contributed by atoms with van der Waals surface area (Å²) in [6.45, 7) is 4.21. The lowest BCUT2D eigenvalue weighted by Crippen LogP contribution is -2.40. The molecule has 1 fully saturated rings. The maximum absolute atomic E-state index is 10.2. The van der Waals surface area contributed by atoms with Gasteiger partial charge in [0, 0.05) is 17.6 Å². The molecule has 0 aliphatic heterocycles. The van der Waals surface area contributed by atoms with Gasteiger partial charge in [-0.1, -0.05) is 31.4 Å². The van der Waals surface area contributed by atoms with Crippen molar-refractivity contribution in [2.45, 2.75) is 64.1 Å². The fourth-order valence-corrected chi connectivity index (χ4v) is 3.07. The Balaban J connectivity index is 2.08. The van der Waals surface area contributed by atoms with E-state index in [0.717, 1.165) is 30.6 Å². The lowest BCUT2D eigenvalue weighted by Gasteiger charge is -2.27. The molecule has 20 heavy (non-hydrogen) atoms. The highest BCUT2D eigenvalue weighted by molar-refractivity contribution is 5.39. The number of hydrogen-bond acceptors (Lipinski definition) is 3. The van der Waals surface area contributed by atoms with E-state index in [4.69, 9.17) is 4.74 Å². The maximum atomic E-state index is 10.2. The smallest absolute Gasteiger partial charge is 0.123 e. The van der Waals surface area contributed by atoms with Gasteiger partial charge in [0.2, 0.25) is 0 Å². The molecule has 0 saturated heterocycles. The monoisotopic (exact) mass is 277 g/mol. The number of rotatable bonds is 4. The van der Waals surface area contributed by atoms with Crippen molar-refractivity contribution in [3.63, 3.8) is 0 Å². The fourth-order valence-electron chi connectivity index (χ4n) is 3.07. The summed E-state index contributed by atoms with van der Waals surface area (Å²) < 4.78 is 5.49. The van der Waals surface area contributed by atoms with Crippen molar-refractivity contribution in [3.05, 3.63) is 29.3 Å². The van der Waals surface area contributed by atoms with Gasteiger partial charge in [0.1, 0.15) is 5.75 Å². The molecule has 0 amide bonds. The quantitative estimate of drug-likeness (QED) is 0.829. The highest BCUT2D eigenvalue weighted by Gasteiger charge is 2.24. The Morgan fingerprint density at radius 3 is 2.75 bits per heavy atom. The number of ether oxygens (including phenoxy) is 1. The van der Waals surface area contributed by atoms with Gasteiger partial charge in [-0.3, -0.25) is 0 Å². The Hall–Kier alpha value is -1.06. The summed E-state index contributed by atoms with van der Waals surface area (Å²) in [4.78, 5) is 0. The fraction of sp³-hybridized carbons (Fsp3) is 0.647. The van der Waals surface area contributed by atoms with E-state index in [1.165, 1.54) is 18.4 Å². The highest BCUT2D eigenvalue weighted by Crippen LogP contribution is 2.28. The van der Waals surface area contributed by atoms with Gasteiger partial charge < -0.3 is 15.2 Å². The van der Waals surface area contributed by atoms with E-state index in [-0.39, 0.29) is 18.2 Å². The zero-order valence-electron chi connectivity index (χ0n) is 12.9. The van der Waals surface area contributed by atoms with Crippen LogP contribution in [-0.4, -0.2) is 24.4 Å². The first-order chi connectivity index (χ1) is 9.61. The second kappa shape index (κ2) is 7.09. The van der Waals surface area contributed by atoms with Gasteiger partial charge in [0.05, 0.1) is 13.2 Å². The Kier molecular flexibility index (Phi) is 5.44. The zero-order valence-corrected chi connectivity index (χ0v) is 12.9. The van der Waals surface area contributed by atoms with Crippen LogP contribution in [0.3, 0.4) is 0 Å². The molecule has 2 rings (SSSR count). The summed E-state index contributed by atoms with van der Waals surface area (Å²) in [6.07, 6.45) is 5.32. The Labute approximate surface area is 122 Å². The van der Waals surface area contributed by atoms with Crippen molar-refractivity contribution in [1.29, 1.82) is 0 Å². The Morgan fingerprint density at radius 2 is 2.00 bits per heavy atom. The second-order valence-electron chi connectivity index (χ2n) is 5.95. The molecule has 112 valence electrons. The molecular formula is C17H27NO2. The average Bonchev–Trinajstić information content (AvgIpc) is 2.64. The van der Waals surface area contributed by atoms with Crippen LogP contribution in [0, 0.1) is 6.92 Å². The molecule has 0 heterocycles. The molecule has 3 unspecified atom stereocenters. The molecule has 1 aromatic rings. The Bertz CT molecular complexity index is 433. The predicted molar refractivity (Wildman–Crippen MR) is 82.2 cm³/mol. The largest absolute Gasteiger partial charge is 0.496 e. The second-order valence-corrected chi connectivity index (χ2v) is 5.95. The van der Waals surface area contributed by atoms with Crippen molar-refractivity contribution in [2.75, 3.05) is 7.11 Å². The summed E-state index contributed by atoms with van der Waals surface area (Å²) in [5.74, 6) is 0.924. The molecule has 1 aromatic carbocycles. The number of methoxy groups -OCH3 is 1. The van der Waals surface area contributed by atoms with Crippen molar-refractivity contribution in [1.82, 2.24) is 5.32 Å². The van der Waals surface area contributed by atoms with Gasteiger partial charge in [-0.25, -0.2) is 0 Å². The van der Waals surface area contributed by atoms with Crippen LogP contribution in [0.15, 0.2) is 18.2 Å². The molecule has 1 saturated carbocycles. The van der Waals surface area contributed by atoms with Crippen LogP contribution in [0.2, 0.25) is 0 Å². The highest BCUT2D eigenvalue weighted by atomic mass is 16.5. The van der Waals surface area contributed by atoms with Crippen molar-refractivity contribution >= 4 is 0 Å². The van der Waals surface area contributed by atoms with Gasteiger partial charge in [-0.05, 0) is 38.3 Å². The lowest BCUT2D eigenvalue weighted by atomic mass is 10.0. The number of aliphatic hydroxyl groups is 1. The van der Waals surface area contributed by atoms with Gasteiger partial charge >= 0.3 is 0 Å². The van der Waals surface area contributed by atoms with E-state index < -0.39 is 0 Å². The molecule has 0 bridgehead atoms.